The molecule has 0 aromatic carbocycles. The van der Waals surface area contributed by atoms with Crippen LogP contribution >= 0.6 is 0 Å². The van der Waals surface area contributed by atoms with E-state index in [0.717, 1.165) is 32.6 Å². The number of hydrogen-bond acceptors (Lipinski definition) is 3. The van der Waals surface area contributed by atoms with Gasteiger partial charge in [-0.15, -0.1) is 0 Å². The maximum absolute atomic E-state index is 12.0. The van der Waals surface area contributed by atoms with Gasteiger partial charge in [-0.2, -0.15) is 0 Å². The van der Waals surface area contributed by atoms with Gasteiger partial charge in [0.2, 0.25) is 11.8 Å². The summed E-state index contributed by atoms with van der Waals surface area (Å²) in [5.41, 5.74) is 0. The van der Waals surface area contributed by atoms with Gasteiger partial charge in [-0.05, 0) is 32.4 Å². The van der Waals surface area contributed by atoms with Crippen molar-refractivity contribution in [3.05, 3.63) is 0 Å². The number of hydrogen-bond donors (Lipinski definition) is 2. The third-order valence-electron chi connectivity index (χ3n) is 5.84. The topological polar surface area (TPSA) is 61.4 Å². The summed E-state index contributed by atoms with van der Waals surface area (Å²) in [6.07, 6.45) is 18.4. The molecule has 0 bridgehead atoms. The van der Waals surface area contributed by atoms with E-state index in [1.54, 1.807) is 0 Å². The average molecular weight is 440 g/mol. The second kappa shape index (κ2) is 23.6. The first kappa shape index (κ1) is 29.9. The monoisotopic (exact) mass is 439 g/mol. The van der Waals surface area contributed by atoms with Gasteiger partial charge in [0.15, 0.2) is 0 Å². The highest BCUT2D eigenvalue weighted by Gasteiger charge is 2.08. The molecule has 0 saturated carbocycles. The Morgan fingerprint density at radius 2 is 0.935 bits per heavy atom. The molecule has 0 aliphatic heterocycles. The van der Waals surface area contributed by atoms with Crippen molar-refractivity contribution in [2.45, 2.75) is 124 Å². The van der Waals surface area contributed by atoms with Crippen LogP contribution in [0.25, 0.3) is 0 Å². The van der Waals surface area contributed by atoms with E-state index in [2.05, 4.69) is 36.3 Å². The van der Waals surface area contributed by atoms with Gasteiger partial charge in [0.05, 0.1) is 0 Å². The molecule has 0 radical (unpaired) electrons. The third kappa shape index (κ3) is 21.9. The zero-order valence-electron chi connectivity index (χ0n) is 21.1. The Balaban J connectivity index is 3.58. The van der Waals surface area contributed by atoms with Gasteiger partial charge in [0.25, 0.3) is 0 Å². The van der Waals surface area contributed by atoms with Crippen molar-refractivity contribution < 1.29 is 9.59 Å². The number of unbranched alkanes of at least 4 members (excludes halogenated alkanes) is 11. The average Bonchev–Trinajstić information content (AvgIpc) is 2.77. The molecule has 0 aromatic heterocycles. The van der Waals surface area contributed by atoms with Crippen molar-refractivity contribution in [2.75, 3.05) is 32.7 Å². The fraction of sp³-hybridized carbons (Fsp3) is 0.923. The first-order valence-corrected chi connectivity index (χ1v) is 13.4. The minimum atomic E-state index is -0.0139. The van der Waals surface area contributed by atoms with E-state index in [9.17, 15) is 9.59 Å². The van der Waals surface area contributed by atoms with Crippen LogP contribution in [0.2, 0.25) is 0 Å². The lowest BCUT2D eigenvalue weighted by Gasteiger charge is -2.22. The highest BCUT2D eigenvalue weighted by molar-refractivity contribution is 5.83. The summed E-state index contributed by atoms with van der Waals surface area (Å²) >= 11 is 0. The van der Waals surface area contributed by atoms with E-state index in [4.69, 9.17) is 0 Å². The quantitative estimate of drug-likeness (QED) is 0.197. The SMILES string of the molecule is CCCCCCCCCCCCNC(=O)CCC(=O)NCCN(CCCC)CCCC. The molecular formula is C26H53N3O2. The highest BCUT2D eigenvalue weighted by Crippen LogP contribution is 2.10. The summed E-state index contributed by atoms with van der Waals surface area (Å²) in [5, 5.41) is 5.93. The van der Waals surface area contributed by atoms with Crippen LogP contribution in [-0.2, 0) is 9.59 Å². The number of carbonyl (C=O) groups excluding carboxylic acids is 2. The number of nitrogens with zero attached hydrogens (tertiary/aromatic N) is 1. The van der Waals surface area contributed by atoms with Gasteiger partial charge in [0.1, 0.15) is 0 Å². The molecule has 0 aliphatic rings. The van der Waals surface area contributed by atoms with E-state index in [0.29, 0.717) is 13.0 Å². The van der Waals surface area contributed by atoms with E-state index < -0.39 is 0 Å². The summed E-state index contributed by atoms with van der Waals surface area (Å²) in [7, 11) is 0. The van der Waals surface area contributed by atoms with E-state index in [1.807, 2.05) is 0 Å². The molecule has 0 spiro atoms. The molecule has 2 amide bonds. The van der Waals surface area contributed by atoms with E-state index in [-0.39, 0.29) is 18.2 Å². The summed E-state index contributed by atoms with van der Waals surface area (Å²) in [6, 6.07) is 0. The van der Waals surface area contributed by atoms with Crippen LogP contribution in [0.4, 0.5) is 0 Å². The molecule has 184 valence electrons. The van der Waals surface area contributed by atoms with E-state index >= 15 is 0 Å². The van der Waals surface area contributed by atoms with Crippen molar-refractivity contribution in [1.29, 1.82) is 0 Å². The van der Waals surface area contributed by atoms with Crippen molar-refractivity contribution >= 4 is 11.8 Å². The number of amides is 2. The molecule has 0 aliphatic carbocycles. The molecule has 5 heteroatoms. The number of rotatable bonds is 23. The zero-order valence-corrected chi connectivity index (χ0v) is 21.1. The Hall–Kier alpha value is -1.10. The van der Waals surface area contributed by atoms with Crippen LogP contribution in [0.1, 0.15) is 124 Å². The van der Waals surface area contributed by atoms with Gasteiger partial charge >= 0.3 is 0 Å². The minimum absolute atomic E-state index is 0.00130. The Morgan fingerprint density at radius 3 is 1.42 bits per heavy atom. The molecule has 0 saturated heterocycles. The molecule has 0 fully saturated rings. The Labute approximate surface area is 193 Å². The molecule has 31 heavy (non-hydrogen) atoms. The van der Waals surface area contributed by atoms with Crippen LogP contribution < -0.4 is 10.6 Å². The van der Waals surface area contributed by atoms with Gasteiger partial charge in [0, 0.05) is 32.5 Å². The minimum Gasteiger partial charge on any atom is -0.356 e. The lowest BCUT2D eigenvalue weighted by Crippen LogP contribution is -2.36. The molecule has 0 unspecified atom stereocenters. The fourth-order valence-electron chi connectivity index (χ4n) is 3.70. The van der Waals surface area contributed by atoms with Crippen LogP contribution in [0.3, 0.4) is 0 Å². The molecule has 0 rings (SSSR count). The second-order valence-electron chi connectivity index (χ2n) is 8.93. The van der Waals surface area contributed by atoms with Crippen molar-refractivity contribution in [3.63, 3.8) is 0 Å². The van der Waals surface area contributed by atoms with Gasteiger partial charge < -0.3 is 15.5 Å². The van der Waals surface area contributed by atoms with Gasteiger partial charge in [-0.1, -0.05) is 91.4 Å². The van der Waals surface area contributed by atoms with Crippen LogP contribution in [0, 0.1) is 0 Å². The van der Waals surface area contributed by atoms with Crippen LogP contribution in [-0.4, -0.2) is 49.4 Å². The lowest BCUT2D eigenvalue weighted by molar-refractivity contribution is -0.126. The molecular weight excluding hydrogens is 386 g/mol. The third-order valence-corrected chi connectivity index (χ3v) is 5.84. The fourth-order valence-corrected chi connectivity index (χ4v) is 3.70. The number of nitrogens with one attached hydrogen (secondary N) is 2. The van der Waals surface area contributed by atoms with Crippen LogP contribution in [0.5, 0.6) is 0 Å². The smallest absolute Gasteiger partial charge is 0.220 e. The summed E-state index contributed by atoms with van der Waals surface area (Å²) in [6.45, 7) is 11.2. The predicted molar refractivity (Wildman–Crippen MR) is 133 cm³/mol. The molecule has 0 heterocycles. The summed E-state index contributed by atoms with van der Waals surface area (Å²) in [5.74, 6) is -0.0152. The zero-order chi connectivity index (χ0) is 23.0. The Bertz CT molecular complexity index is 407. The maximum atomic E-state index is 12.0. The summed E-state index contributed by atoms with van der Waals surface area (Å²) in [4.78, 5) is 26.4. The van der Waals surface area contributed by atoms with E-state index in [1.165, 1.54) is 83.5 Å². The standard InChI is InChI=1S/C26H53N3O2/c1-4-7-10-11-12-13-14-15-16-17-20-27-25(30)18-19-26(31)28-21-24-29(22-8-5-2)23-9-6-3/h4-24H2,1-3H3,(H,27,30)(H,28,31). The van der Waals surface area contributed by atoms with Gasteiger partial charge in [-0.25, -0.2) is 0 Å². The molecule has 5 nitrogen and oxygen atoms in total. The van der Waals surface area contributed by atoms with Crippen LogP contribution in [0.15, 0.2) is 0 Å². The molecule has 0 atom stereocenters. The molecule has 2 N–H and O–H groups in total. The summed E-state index contributed by atoms with van der Waals surface area (Å²) < 4.78 is 0. The predicted octanol–water partition coefficient (Wildman–Crippen LogP) is 5.82. The first-order valence-electron chi connectivity index (χ1n) is 13.4. The normalized spacial score (nSPS) is 11.1. The Morgan fingerprint density at radius 1 is 0.516 bits per heavy atom. The first-order chi connectivity index (χ1) is 15.1. The second-order valence-corrected chi connectivity index (χ2v) is 8.93. The van der Waals surface area contributed by atoms with Crippen molar-refractivity contribution in [2.24, 2.45) is 0 Å². The Kier molecular flexibility index (Phi) is 22.7. The number of carbonyl (C=O) groups is 2. The van der Waals surface area contributed by atoms with Crippen molar-refractivity contribution in [1.82, 2.24) is 15.5 Å². The maximum Gasteiger partial charge on any atom is 0.220 e. The lowest BCUT2D eigenvalue weighted by atomic mass is 10.1. The highest BCUT2D eigenvalue weighted by atomic mass is 16.2. The van der Waals surface area contributed by atoms with Crippen molar-refractivity contribution in [3.8, 4) is 0 Å². The largest absolute Gasteiger partial charge is 0.356 e. The molecule has 0 aromatic rings. The van der Waals surface area contributed by atoms with Gasteiger partial charge in [-0.3, -0.25) is 9.59 Å².